The lowest BCUT2D eigenvalue weighted by molar-refractivity contribution is 0.196. The van der Waals surface area contributed by atoms with Crippen molar-refractivity contribution in [3.8, 4) is 23.0 Å². The van der Waals surface area contributed by atoms with Gasteiger partial charge in [-0.25, -0.2) is 0 Å². The fraction of sp³-hybridized carbons (Fsp3) is 0.520. The Morgan fingerprint density at radius 3 is 2.20 bits per heavy atom. The molecular weight excluding hydrogens is 380 g/mol. The highest BCUT2D eigenvalue weighted by Gasteiger charge is 2.40. The van der Waals surface area contributed by atoms with Crippen LogP contribution in [0.1, 0.15) is 56.6 Å². The predicted octanol–water partition coefficient (Wildman–Crippen LogP) is 5.16. The first-order chi connectivity index (χ1) is 14.5. The minimum atomic E-state index is -0.0185. The zero-order chi connectivity index (χ0) is 21.7. The van der Waals surface area contributed by atoms with E-state index >= 15 is 0 Å². The summed E-state index contributed by atoms with van der Waals surface area (Å²) >= 11 is 0. The van der Waals surface area contributed by atoms with Gasteiger partial charge in [0.15, 0.2) is 23.0 Å². The Morgan fingerprint density at radius 2 is 1.53 bits per heavy atom. The summed E-state index contributed by atoms with van der Waals surface area (Å²) in [6.45, 7) is 6.82. The van der Waals surface area contributed by atoms with Crippen molar-refractivity contribution in [1.82, 2.24) is 0 Å². The number of methoxy groups -OCH3 is 2. The molecule has 0 amide bonds. The zero-order valence-electron chi connectivity index (χ0n) is 18.7. The third kappa shape index (κ3) is 5.39. The molecule has 3 rings (SSSR count). The molecule has 0 saturated heterocycles. The number of hydrogen-bond donors (Lipinski definition) is 1. The average molecular weight is 415 g/mol. The third-order valence-electron chi connectivity index (χ3n) is 5.75. The Labute approximate surface area is 179 Å². The predicted molar refractivity (Wildman–Crippen MR) is 118 cm³/mol. The van der Waals surface area contributed by atoms with Gasteiger partial charge in [-0.2, -0.15) is 0 Å². The summed E-state index contributed by atoms with van der Waals surface area (Å²) < 4.78 is 22.8. The van der Waals surface area contributed by atoms with Gasteiger partial charge in [0.05, 0.1) is 20.8 Å². The van der Waals surface area contributed by atoms with Gasteiger partial charge in [-0.05, 0) is 66.0 Å². The maximum Gasteiger partial charge on any atom is 0.161 e. The Bertz CT molecular complexity index is 832. The molecule has 0 aliphatic heterocycles. The first kappa shape index (κ1) is 22.3. The van der Waals surface area contributed by atoms with Gasteiger partial charge in [-0.3, -0.25) is 0 Å². The van der Waals surface area contributed by atoms with E-state index in [0.717, 1.165) is 24.3 Å². The molecule has 1 N–H and O–H groups in total. The van der Waals surface area contributed by atoms with E-state index < -0.39 is 0 Å². The van der Waals surface area contributed by atoms with Crippen LogP contribution in [0.5, 0.6) is 23.0 Å². The topological polar surface area (TPSA) is 57.2 Å². The number of aliphatic hydroxyl groups is 1. The summed E-state index contributed by atoms with van der Waals surface area (Å²) in [5, 5.41) is 8.96. The van der Waals surface area contributed by atoms with E-state index in [1.807, 2.05) is 18.2 Å². The average Bonchev–Trinajstić information content (AvgIpc) is 3.48. The molecule has 0 aromatic heterocycles. The molecule has 0 radical (unpaired) electrons. The molecule has 1 saturated carbocycles. The minimum Gasteiger partial charge on any atom is -0.493 e. The van der Waals surface area contributed by atoms with E-state index in [1.54, 1.807) is 14.2 Å². The maximum atomic E-state index is 8.96. The van der Waals surface area contributed by atoms with Crippen LogP contribution >= 0.6 is 0 Å². The SMILES string of the molecule is COc1cc(C(C)CC2CC2Oc2ccc(C(C)C)cc2OC)ccc1OCCO. The molecule has 164 valence electrons. The van der Waals surface area contributed by atoms with Gasteiger partial charge in [-0.1, -0.05) is 32.9 Å². The van der Waals surface area contributed by atoms with Crippen LogP contribution in [0.25, 0.3) is 0 Å². The second kappa shape index (κ2) is 10.1. The van der Waals surface area contributed by atoms with Crippen LogP contribution in [0.3, 0.4) is 0 Å². The Kier molecular flexibility index (Phi) is 7.48. The van der Waals surface area contributed by atoms with Gasteiger partial charge < -0.3 is 24.1 Å². The highest BCUT2D eigenvalue weighted by atomic mass is 16.5. The van der Waals surface area contributed by atoms with Crippen LogP contribution in [0.15, 0.2) is 36.4 Å². The van der Waals surface area contributed by atoms with Crippen molar-refractivity contribution in [1.29, 1.82) is 0 Å². The number of hydrogen-bond acceptors (Lipinski definition) is 5. The van der Waals surface area contributed by atoms with Crippen LogP contribution in [0, 0.1) is 5.92 Å². The van der Waals surface area contributed by atoms with Gasteiger partial charge in [-0.15, -0.1) is 0 Å². The van der Waals surface area contributed by atoms with E-state index in [9.17, 15) is 0 Å². The fourth-order valence-electron chi connectivity index (χ4n) is 3.77. The highest BCUT2D eigenvalue weighted by Crippen LogP contribution is 2.44. The largest absolute Gasteiger partial charge is 0.493 e. The first-order valence-electron chi connectivity index (χ1n) is 10.7. The molecule has 3 unspecified atom stereocenters. The van der Waals surface area contributed by atoms with Gasteiger partial charge in [0.2, 0.25) is 0 Å². The molecule has 1 aliphatic carbocycles. The summed E-state index contributed by atoms with van der Waals surface area (Å²) in [6.07, 6.45) is 2.35. The first-order valence-corrected chi connectivity index (χ1v) is 10.7. The molecule has 3 atom stereocenters. The number of benzene rings is 2. The van der Waals surface area contributed by atoms with Crippen molar-refractivity contribution in [2.45, 2.75) is 51.6 Å². The molecule has 2 aromatic carbocycles. The quantitative estimate of drug-likeness (QED) is 0.550. The summed E-state index contributed by atoms with van der Waals surface area (Å²) in [7, 11) is 3.33. The van der Waals surface area contributed by atoms with Crippen LogP contribution < -0.4 is 18.9 Å². The lowest BCUT2D eigenvalue weighted by atomic mass is 9.95. The Morgan fingerprint density at radius 1 is 0.900 bits per heavy atom. The Hall–Kier alpha value is -2.40. The lowest BCUT2D eigenvalue weighted by Crippen LogP contribution is -2.06. The minimum absolute atomic E-state index is 0.0185. The van der Waals surface area contributed by atoms with Crippen LogP contribution in [0.2, 0.25) is 0 Å². The van der Waals surface area contributed by atoms with Gasteiger partial charge in [0.1, 0.15) is 12.7 Å². The van der Waals surface area contributed by atoms with Crippen LogP contribution in [0.4, 0.5) is 0 Å². The molecule has 1 fully saturated rings. The molecule has 1 aliphatic rings. The van der Waals surface area contributed by atoms with Crippen LogP contribution in [-0.4, -0.2) is 38.6 Å². The van der Waals surface area contributed by atoms with Gasteiger partial charge in [0, 0.05) is 0 Å². The number of aliphatic hydroxyl groups excluding tert-OH is 1. The third-order valence-corrected chi connectivity index (χ3v) is 5.75. The highest BCUT2D eigenvalue weighted by molar-refractivity contribution is 5.45. The molecule has 2 aromatic rings. The fourth-order valence-corrected chi connectivity index (χ4v) is 3.77. The van der Waals surface area contributed by atoms with E-state index in [4.69, 9.17) is 24.1 Å². The van der Waals surface area contributed by atoms with E-state index in [1.165, 1.54) is 11.1 Å². The van der Waals surface area contributed by atoms with Crippen molar-refractivity contribution >= 4 is 0 Å². The summed E-state index contributed by atoms with van der Waals surface area (Å²) in [6, 6.07) is 12.3. The second-order valence-electron chi connectivity index (χ2n) is 8.34. The second-order valence-corrected chi connectivity index (χ2v) is 8.34. The molecule has 0 spiro atoms. The zero-order valence-corrected chi connectivity index (χ0v) is 18.7. The number of rotatable bonds is 11. The molecular formula is C25H34O5. The number of ether oxygens (including phenoxy) is 4. The monoisotopic (exact) mass is 414 g/mol. The normalized spacial score (nSPS) is 18.8. The molecule has 0 heterocycles. The molecule has 0 bridgehead atoms. The van der Waals surface area contributed by atoms with E-state index in [2.05, 4.69) is 39.0 Å². The van der Waals surface area contributed by atoms with E-state index in [0.29, 0.717) is 29.3 Å². The molecule has 30 heavy (non-hydrogen) atoms. The molecule has 5 nitrogen and oxygen atoms in total. The van der Waals surface area contributed by atoms with Gasteiger partial charge >= 0.3 is 0 Å². The van der Waals surface area contributed by atoms with Gasteiger partial charge in [0.25, 0.3) is 0 Å². The van der Waals surface area contributed by atoms with Crippen LogP contribution in [-0.2, 0) is 0 Å². The maximum absolute atomic E-state index is 8.96. The Balaban J connectivity index is 1.59. The summed E-state index contributed by atoms with van der Waals surface area (Å²) in [5.74, 6) is 4.37. The van der Waals surface area contributed by atoms with E-state index in [-0.39, 0.29) is 19.3 Å². The standard InChI is InChI=1S/C25H34O5/c1-16(2)18-6-9-22(25(13-18)28-5)30-23-15-20(23)12-17(3)19-7-8-21(29-11-10-26)24(14-19)27-4/h6-9,13-14,16-17,20,23,26H,10-12,15H2,1-5H3. The molecule has 5 heteroatoms. The summed E-state index contributed by atoms with van der Waals surface area (Å²) in [4.78, 5) is 0. The lowest BCUT2D eigenvalue weighted by Gasteiger charge is -2.16. The van der Waals surface area contributed by atoms with Crippen molar-refractivity contribution in [2.24, 2.45) is 5.92 Å². The van der Waals surface area contributed by atoms with Crippen molar-refractivity contribution < 1.29 is 24.1 Å². The van der Waals surface area contributed by atoms with Crippen molar-refractivity contribution in [2.75, 3.05) is 27.4 Å². The summed E-state index contributed by atoms with van der Waals surface area (Å²) in [5.41, 5.74) is 2.47. The smallest absolute Gasteiger partial charge is 0.161 e. The van der Waals surface area contributed by atoms with Crippen molar-refractivity contribution in [3.05, 3.63) is 47.5 Å². The van der Waals surface area contributed by atoms with Crippen molar-refractivity contribution in [3.63, 3.8) is 0 Å².